The van der Waals surface area contributed by atoms with Gasteiger partial charge in [0.2, 0.25) is 0 Å². The zero-order valence-electron chi connectivity index (χ0n) is 12.7. The largest absolute Gasteiger partial charge is 0.488 e. The third-order valence-electron chi connectivity index (χ3n) is 3.83. The Hall–Kier alpha value is -2.72. The molecule has 0 saturated carbocycles. The first-order valence-corrected chi connectivity index (χ1v) is 7.90. The predicted molar refractivity (Wildman–Crippen MR) is 91.6 cm³/mol. The van der Waals surface area contributed by atoms with Gasteiger partial charge < -0.3 is 14.2 Å². The Bertz CT molecular complexity index is 888. The second-order valence-electron chi connectivity index (χ2n) is 5.32. The summed E-state index contributed by atoms with van der Waals surface area (Å²) in [6.45, 7) is 0.457. The van der Waals surface area contributed by atoms with Crippen molar-refractivity contribution in [2.45, 2.75) is 12.9 Å². The molecule has 4 rings (SSSR count). The minimum atomic E-state index is -0.557. The fourth-order valence-electron chi connectivity index (χ4n) is 2.70. The van der Waals surface area contributed by atoms with E-state index in [0.717, 1.165) is 21.9 Å². The van der Waals surface area contributed by atoms with Crippen molar-refractivity contribution in [3.8, 4) is 5.75 Å². The summed E-state index contributed by atoms with van der Waals surface area (Å²) in [4.78, 5) is 4.13. The van der Waals surface area contributed by atoms with E-state index in [0.29, 0.717) is 17.5 Å². The second-order valence-corrected chi connectivity index (χ2v) is 5.68. The fraction of sp³-hybridized carbons (Fsp3) is 0.105. The van der Waals surface area contributed by atoms with Crippen molar-refractivity contribution in [2.75, 3.05) is 0 Å². The summed E-state index contributed by atoms with van der Waals surface area (Å²) in [6, 6.07) is 15.6. The van der Waals surface area contributed by atoms with Gasteiger partial charge in [-0.2, -0.15) is 0 Å². The van der Waals surface area contributed by atoms with Crippen molar-refractivity contribution in [1.29, 1.82) is 0 Å². The first-order valence-electron chi connectivity index (χ1n) is 7.53. The maximum Gasteiger partial charge on any atom is 0.270 e. The highest BCUT2D eigenvalue weighted by atomic mass is 35.5. The van der Waals surface area contributed by atoms with Crippen LogP contribution >= 0.6 is 11.6 Å². The van der Waals surface area contributed by atoms with Crippen LogP contribution in [0.5, 0.6) is 5.75 Å². The molecule has 1 aliphatic rings. The highest BCUT2D eigenvalue weighted by Crippen LogP contribution is 2.39. The molecule has 1 aromatic heterocycles. The van der Waals surface area contributed by atoms with Crippen LogP contribution in [-0.2, 0) is 16.1 Å². The minimum absolute atomic E-state index is 0.439. The number of nitrogens with zero attached hydrogens (tertiary/aromatic N) is 1. The number of aromatic nitrogens is 1. The van der Waals surface area contributed by atoms with Crippen LogP contribution in [0.3, 0.4) is 0 Å². The van der Waals surface area contributed by atoms with E-state index in [1.807, 2.05) is 48.5 Å². The molecular weight excluding hydrogens is 326 g/mol. The van der Waals surface area contributed by atoms with Crippen molar-refractivity contribution >= 4 is 22.4 Å². The number of benzene rings is 2. The van der Waals surface area contributed by atoms with Gasteiger partial charge in [-0.3, -0.25) is 0 Å². The Kier molecular flexibility index (Phi) is 3.97. The molecule has 2 heterocycles. The van der Waals surface area contributed by atoms with E-state index in [-0.39, 0.29) is 0 Å². The molecule has 4 nitrogen and oxygen atoms in total. The Labute approximate surface area is 144 Å². The van der Waals surface area contributed by atoms with E-state index in [2.05, 4.69) is 4.98 Å². The van der Waals surface area contributed by atoms with Gasteiger partial charge in [0, 0.05) is 17.0 Å². The third-order valence-corrected chi connectivity index (χ3v) is 4.13. The molecule has 0 atom stereocenters. The van der Waals surface area contributed by atoms with Crippen LogP contribution in [0, 0.1) is 0 Å². The molecule has 0 unspecified atom stereocenters. The van der Waals surface area contributed by atoms with Crippen LogP contribution in [0.15, 0.2) is 67.3 Å². The van der Waals surface area contributed by atoms with E-state index >= 15 is 0 Å². The Balaban J connectivity index is 1.75. The molecule has 5 heteroatoms. The monoisotopic (exact) mass is 339 g/mol. The number of ether oxygens (including phenoxy) is 3. The molecule has 0 aliphatic carbocycles. The zero-order valence-corrected chi connectivity index (χ0v) is 13.4. The van der Waals surface area contributed by atoms with E-state index in [9.17, 15) is 0 Å². The van der Waals surface area contributed by atoms with Gasteiger partial charge in [0.25, 0.3) is 6.29 Å². The molecule has 0 radical (unpaired) electrons. The second kappa shape index (κ2) is 6.42. The third kappa shape index (κ3) is 2.76. The molecular formula is C19H14ClNO3. The molecule has 0 bridgehead atoms. The molecule has 24 heavy (non-hydrogen) atoms. The smallest absolute Gasteiger partial charge is 0.270 e. The molecule has 3 aromatic rings. The summed E-state index contributed by atoms with van der Waals surface area (Å²) in [5, 5.41) is 2.17. The number of halogens is 1. The summed E-state index contributed by atoms with van der Waals surface area (Å²) in [5.41, 5.74) is 1.89. The number of hydrogen-bond donors (Lipinski definition) is 0. The summed E-state index contributed by atoms with van der Waals surface area (Å²) in [6.07, 6.45) is 4.15. The maximum atomic E-state index is 6.21. The molecule has 0 fully saturated rings. The lowest BCUT2D eigenvalue weighted by Crippen LogP contribution is -2.05. The molecule has 0 spiro atoms. The van der Waals surface area contributed by atoms with Crippen molar-refractivity contribution in [3.63, 3.8) is 0 Å². The van der Waals surface area contributed by atoms with Crippen molar-refractivity contribution < 1.29 is 14.2 Å². The van der Waals surface area contributed by atoms with Gasteiger partial charge in [-0.25, -0.2) is 4.98 Å². The molecule has 0 saturated heterocycles. The molecule has 1 aliphatic heterocycles. The number of hydrogen-bond acceptors (Lipinski definition) is 4. The van der Waals surface area contributed by atoms with Crippen LogP contribution in [0.25, 0.3) is 10.8 Å². The number of pyridine rings is 1. The Morgan fingerprint density at radius 2 is 1.75 bits per heavy atom. The highest BCUT2D eigenvalue weighted by molar-refractivity contribution is 6.34. The number of fused-ring (bicyclic) bond motifs is 1. The first-order chi connectivity index (χ1) is 11.8. The van der Waals surface area contributed by atoms with Crippen molar-refractivity contribution in [2.24, 2.45) is 0 Å². The van der Waals surface area contributed by atoms with Gasteiger partial charge in [0.05, 0.1) is 5.56 Å². The normalized spacial score (nSPS) is 13.7. The van der Waals surface area contributed by atoms with Gasteiger partial charge >= 0.3 is 0 Å². The van der Waals surface area contributed by atoms with E-state index in [4.69, 9.17) is 25.8 Å². The predicted octanol–water partition coefficient (Wildman–Crippen LogP) is 4.98. The van der Waals surface area contributed by atoms with Crippen molar-refractivity contribution in [3.05, 3.63) is 83.5 Å². The van der Waals surface area contributed by atoms with Gasteiger partial charge in [-0.1, -0.05) is 41.9 Å². The van der Waals surface area contributed by atoms with Crippen LogP contribution in [-0.4, -0.2) is 4.98 Å². The lowest BCUT2D eigenvalue weighted by atomic mass is 10.0. The first kappa shape index (κ1) is 14.8. The quantitative estimate of drug-likeness (QED) is 0.628. The molecule has 120 valence electrons. The zero-order chi connectivity index (χ0) is 16.4. The van der Waals surface area contributed by atoms with Crippen LogP contribution < -0.4 is 4.74 Å². The lowest BCUT2D eigenvalue weighted by Gasteiger charge is -2.18. The van der Waals surface area contributed by atoms with Crippen LogP contribution in [0.4, 0.5) is 0 Å². The molecule has 0 amide bonds. The van der Waals surface area contributed by atoms with Gasteiger partial charge in [0.1, 0.15) is 30.0 Å². The standard InChI is InChI=1S/C19H14ClNO3/c20-18-15-6-7-16(24-12-13-4-2-1-3-5-13)17(14(15)8-9-21-18)19-22-10-11-23-19/h1-11,19H,12H2. The minimum Gasteiger partial charge on any atom is -0.488 e. The summed E-state index contributed by atoms with van der Waals surface area (Å²) < 4.78 is 17.1. The summed E-state index contributed by atoms with van der Waals surface area (Å²) in [5.74, 6) is 0.697. The summed E-state index contributed by atoms with van der Waals surface area (Å²) >= 11 is 6.21. The lowest BCUT2D eigenvalue weighted by molar-refractivity contribution is -0.0253. The van der Waals surface area contributed by atoms with Gasteiger partial charge in [0.15, 0.2) is 0 Å². The van der Waals surface area contributed by atoms with E-state index < -0.39 is 6.29 Å². The van der Waals surface area contributed by atoms with E-state index in [1.54, 1.807) is 6.20 Å². The highest BCUT2D eigenvalue weighted by Gasteiger charge is 2.24. The Morgan fingerprint density at radius 1 is 0.958 bits per heavy atom. The van der Waals surface area contributed by atoms with Gasteiger partial charge in [-0.05, 0) is 23.8 Å². The van der Waals surface area contributed by atoms with Crippen LogP contribution in [0.2, 0.25) is 5.15 Å². The average Bonchev–Trinajstić information content (AvgIpc) is 3.15. The molecule has 2 aromatic carbocycles. The van der Waals surface area contributed by atoms with E-state index in [1.165, 1.54) is 12.5 Å². The Morgan fingerprint density at radius 3 is 2.54 bits per heavy atom. The van der Waals surface area contributed by atoms with Crippen molar-refractivity contribution in [1.82, 2.24) is 4.98 Å². The molecule has 0 N–H and O–H groups in total. The fourth-order valence-corrected chi connectivity index (χ4v) is 2.92. The summed E-state index contributed by atoms with van der Waals surface area (Å²) in [7, 11) is 0. The van der Waals surface area contributed by atoms with Crippen LogP contribution in [0.1, 0.15) is 17.4 Å². The SMILES string of the molecule is Clc1nccc2c(C3OC=CO3)c(OCc3ccccc3)ccc12. The van der Waals surface area contributed by atoms with Gasteiger partial charge in [-0.15, -0.1) is 0 Å². The number of rotatable bonds is 4. The average molecular weight is 340 g/mol. The topological polar surface area (TPSA) is 40.6 Å². The maximum absolute atomic E-state index is 6.21.